The zero-order chi connectivity index (χ0) is 15.0. The number of nitrogens with zero attached hydrogens (tertiary/aromatic N) is 2. The first kappa shape index (κ1) is 13.7. The van der Waals surface area contributed by atoms with Gasteiger partial charge in [-0.05, 0) is 31.5 Å². The van der Waals surface area contributed by atoms with E-state index in [0.717, 1.165) is 22.7 Å². The smallest absolute Gasteiger partial charge is 0.226 e. The van der Waals surface area contributed by atoms with Crippen LogP contribution in [0.4, 0.5) is 5.82 Å². The molecule has 0 fully saturated rings. The van der Waals surface area contributed by atoms with Crippen LogP contribution in [-0.4, -0.2) is 21.8 Å². The maximum Gasteiger partial charge on any atom is 0.226 e. The number of anilines is 1. The van der Waals surface area contributed by atoms with Crippen LogP contribution in [0.15, 0.2) is 30.5 Å². The molecule has 1 atom stereocenters. The van der Waals surface area contributed by atoms with Gasteiger partial charge in [-0.1, -0.05) is 12.1 Å². The highest BCUT2D eigenvalue weighted by atomic mass is 16.5. The van der Waals surface area contributed by atoms with E-state index < -0.39 is 0 Å². The third-order valence-electron chi connectivity index (χ3n) is 3.64. The molecule has 1 aliphatic rings. The minimum atomic E-state index is 0.0265. The van der Waals surface area contributed by atoms with Crippen molar-refractivity contribution in [3.05, 3.63) is 41.6 Å². The fourth-order valence-electron chi connectivity index (χ4n) is 2.69. The van der Waals surface area contributed by atoms with E-state index in [9.17, 15) is 4.79 Å². The largest absolute Gasteiger partial charge is 0.491 e. The maximum atomic E-state index is 11.9. The monoisotopic (exact) mass is 285 g/mol. The molecule has 1 aromatic heterocycles. The van der Waals surface area contributed by atoms with Crippen molar-refractivity contribution < 1.29 is 9.53 Å². The number of hydrogen-bond donors (Lipinski definition) is 1. The summed E-state index contributed by atoms with van der Waals surface area (Å²) in [5.41, 5.74) is 2.17. The molecule has 0 bridgehead atoms. The summed E-state index contributed by atoms with van der Waals surface area (Å²) >= 11 is 0. The summed E-state index contributed by atoms with van der Waals surface area (Å²) in [5, 5.41) is 7.12. The highest BCUT2D eigenvalue weighted by Gasteiger charge is 2.29. The zero-order valence-electron chi connectivity index (χ0n) is 12.5. The molecule has 0 aliphatic carbocycles. The second-order valence-electron chi connectivity index (χ2n) is 5.61. The van der Waals surface area contributed by atoms with Gasteiger partial charge in [0.05, 0.1) is 12.3 Å². The van der Waals surface area contributed by atoms with Gasteiger partial charge in [-0.2, -0.15) is 5.10 Å². The van der Waals surface area contributed by atoms with Crippen LogP contribution in [-0.2, 0) is 11.8 Å². The van der Waals surface area contributed by atoms with Crippen LogP contribution < -0.4 is 10.1 Å². The molecule has 2 aromatic rings. The van der Waals surface area contributed by atoms with Crippen LogP contribution in [0.1, 0.15) is 37.3 Å². The molecule has 5 nitrogen and oxygen atoms in total. The predicted molar refractivity (Wildman–Crippen MR) is 80.5 cm³/mol. The lowest BCUT2D eigenvalue weighted by Gasteiger charge is -2.23. The van der Waals surface area contributed by atoms with E-state index in [-0.39, 0.29) is 17.9 Å². The fourth-order valence-corrected chi connectivity index (χ4v) is 2.69. The Kier molecular flexibility index (Phi) is 3.41. The highest BCUT2D eigenvalue weighted by Crippen LogP contribution is 2.37. The number of fused-ring (bicyclic) bond motifs is 1. The number of nitrogens with one attached hydrogen (secondary N) is 1. The van der Waals surface area contributed by atoms with E-state index in [2.05, 4.69) is 10.4 Å². The molecule has 21 heavy (non-hydrogen) atoms. The molecule has 1 amide bonds. The number of ether oxygens (including phenoxy) is 1. The third-order valence-corrected chi connectivity index (χ3v) is 3.64. The van der Waals surface area contributed by atoms with Crippen LogP contribution in [0.2, 0.25) is 0 Å². The number of rotatable bonds is 3. The van der Waals surface area contributed by atoms with E-state index in [0.29, 0.717) is 6.42 Å². The van der Waals surface area contributed by atoms with Crippen molar-refractivity contribution >= 4 is 11.7 Å². The Labute approximate surface area is 123 Å². The fraction of sp³-hybridized carbons (Fsp3) is 0.375. The molecule has 2 heterocycles. The van der Waals surface area contributed by atoms with Gasteiger partial charge in [-0.25, -0.2) is 0 Å². The molecule has 0 spiro atoms. The SMILES string of the molecule is CC(C)Oc1ccc([C@H]2CC(=O)Nc3c2cnn3C)cc1. The first-order chi connectivity index (χ1) is 10.0. The Morgan fingerprint density at radius 1 is 1.33 bits per heavy atom. The summed E-state index contributed by atoms with van der Waals surface area (Å²) in [5.74, 6) is 1.72. The second-order valence-corrected chi connectivity index (χ2v) is 5.61. The van der Waals surface area contributed by atoms with Crippen LogP contribution in [0.5, 0.6) is 5.75 Å². The Balaban J connectivity index is 1.91. The first-order valence-electron chi connectivity index (χ1n) is 7.13. The summed E-state index contributed by atoms with van der Waals surface area (Å²) < 4.78 is 7.36. The Morgan fingerprint density at radius 3 is 2.71 bits per heavy atom. The standard InChI is InChI=1S/C16H19N3O2/c1-10(2)21-12-6-4-11(5-7-12)13-8-15(20)18-16-14(13)9-17-19(16)3/h4-7,9-10,13H,8H2,1-3H3,(H,18,20)/t13-/m1/s1. The lowest BCUT2D eigenvalue weighted by Crippen LogP contribution is -2.24. The van der Waals surface area contributed by atoms with Crippen LogP contribution >= 0.6 is 0 Å². The van der Waals surface area contributed by atoms with Gasteiger partial charge in [0, 0.05) is 24.9 Å². The van der Waals surface area contributed by atoms with E-state index in [1.165, 1.54) is 0 Å². The summed E-state index contributed by atoms with van der Waals surface area (Å²) in [6.07, 6.45) is 2.43. The van der Waals surface area contributed by atoms with Crippen LogP contribution in [0.25, 0.3) is 0 Å². The lowest BCUT2D eigenvalue weighted by atomic mass is 9.87. The number of carbonyl (C=O) groups excluding carboxylic acids is 1. The van der Waals surface area contributed by atoms with Crippen molar-refractivity contribution in [1.29, 1.82) is 0 Å². The van der Waals surface area contributed by atoms with E-state index in [1.54, 1.807) is 4.68 Å². The zero-order valence-corrected chi connectivity index (χ0v) is 12.5. The number of carbonyl (C=O) groups is 1. The maximum absolute atomic E-state index is 11.9. The van der Waals surface area contributed by atoms with Crippen molar-refractivity contribution in [3.8, 4) is 5.75 Å². The molecule has 1 aliphatic heterocycles. The van der Waals surface area contributed by atoms with Gasteiger partial charge in [0.25, 0.3) is 0 Å². The summed E-state index contributed by atoms with van der Waals surface area (Å²) in [6, 6.07) is 7.96. The summed E-state index contributed by atoms with van der Waals surface area (Å²) in [4.78, 5) is 11.9. The predicted octanol–water partition coefficient (Wildman–Crippen LogP) is 2.68. The second kappa shape index (κ2) is 5.24. The van der Waals surface area contributed by atoms with Gasteiger partial charge in [-0.3, -0.25) is 9.48 Å². The van der Waals surface area contributed by atoms with Crippen molar-refractivity contribution in [1.82, 2.24) is 9.78 Å². The number of aromatic nitrogens is 2. The van der Waals surface area contributed by atoms with E-state index in [4.69, 9.17) is 4.74 Å². The van der Waals surface area contributed by atoms with Crippen LogP contribution in [0, 0.1) is 0 Å². The van der Waals surface area contributed by atoms with Crippen molar-refractivity contribution in [3.63, 3.8) is 0 Å². The molecule has 0 saturated heterocycles. The van der Waals surface area contributed by atoms with Gasteiger partial charge in [-0.15, -0.1) is 0 Å². The van der Waals surface area contributed by atoms with Gasteiger partial charge in [0.15, 0.2) is 0 Å². The van der Waals surface area contributed by atoms with Gasteiger partial charge < -0.3 is 10.1 Å². The van der Waals surface area contributed by atoms with Crippen LogP contribution in [0.3, 0.4) is 0 Å². The molecule has 0 saturated carbocycles. The van der Waals surface area contributed by atoms with Gasteiger partial charge in [0.1, 0.15) is 11.6 Å². The molecular formula is C16H19N3O2. The van der Waals surface area contributed by atoms with Gasteiger partial charge in [0.2, 0.25) is 5.91 Å². The average molecular weight is 285 g/mol. The molecule has 5 heteroatoms. The number of benzene rings is 1. The summed E-state index contributed by atoms with van der Waals surface area (Å²) in [7, 11) is 1.83. The molecule has 1 N–H and O–H groups in total. The Hall–Kier alpha value is -2.30. The highest BCUT2D eigenvalue weighted by molar-refractivity contribution is 5.94. The number of aryl methyl sites for hydroxylation is 1. The Morgan fingerprint density at radius 2 is 2.05 bits per heavy atom. The first-order valence-corrected chi connectivity index (χ1v) is 7.13. The Bertz CT molecular complexity index is 659. The lowest BCUT2D eigenvalue weighted by molar-refractivity contribution is -0.116. The van der Waals surface area contributed by atoms with Gasteiger partial charge >= 0.3 is 0 Å². The molecule has 3 rings (SSSR count). The molecule has 0 unspecified atom stereocenters. The van der Waals surface area contributed by atoms with E-state index >= 15 is 0 Å². The van der Waals surface area contributed by atoms with Crippen molar-refractivity contribution in [2.24, 2.45) is 7.05 Å². The minimum absolute atomic E-state index is 0.0265. The van der Waals surface area contributed by atoms with E-state index in [1.807, 2.05) is 51.4 Å². The molecular weight excluding hydrogens is 266 g/mol. The quantitative estimate of drug-likeness (QED) is 0.943. The normalized spacial score (nSPS) is 17.5. The third kappa shape index (κ3) is 2.63. The number of hydrogen-bond acceptors (Lipinski definition) is 3. The average Bonchev–Trinajstić information content (AvgIpc) is 2.80. The van der Waals surface area contributed by atoms with Crippen molar-refractivity contribution in [2.45, 2.75) is 32.3 Å². The number of amides is 1. The topological polar surface area (TPSA) is 56.1 Å². The summed E-state index contributed by atoms with van der Waals surface area (Å²) in [6.45, 7) is 4.00. The molecule has 110 valence electrons. The molecule has 0 radical (unpaired) electrons. The minimum Gasteiger partial charge on any atom is -0.491 e. The molecule has 1 aromatic carbocycles. The van der Waals surface area contributed by atoms with Crippen molar-refractivity contribution in [2.75, 3.05) is 5.32 Å².